The topological polar surface area (TPSA) is 63.8 Å². The van der Waals surface area contributed by atoms with Crippen LogP contribution in [0.2, 0.25) is 0 Å². The minimum Gasteiger partial charge on any atom is -0.389 e. The molecule has 1 radical (unpaired) electrons. The molecule has 4 aromatic rings. The van der Waals surface area contributed by atoms with E-state index < -0.39 is 5.60 Å². The highest BCUT2D eigenvalue weighted by Gasteiger charge is 2.14. The molecule has 3 heterocycles. The van der Waals surface area contributed by atoms with Crippen molar-refractivity contribution in [2.45, 2.75) is 26.0 Å². The molecule has 26 heavy (non-hydrogen) atoms. The van der Waals surface area contributed by atoms with E-state index in [1.807, 2.05) is 30.9 Å². The van der Waals surface area contributed by atoms with Crippen LogP contribution >= 0.6 is 0 Å². The van der Waals surface area contributed by atoms with Gasteiger partial charge in [0.2, 0.25) is 0 Å². The third-order valence-corrected chi connectivity index (χ3v) is 4.17. The lowest BCUT2D eigenvalue weighted by molar-refractivity contribution is 0.0577. The minimum absolute atomic E-state index is 0.453. The summed E-state index contributed by atoms with van der Waals surface area (Å²) in [7, 11) is 0. The molecule has 0 aliphatic heterocycles. The minimum atomic E-state index is -0.793. The lowest BCUT2D eigenvalue weighted by Crippen LogP contribution is -2.26. The SMILES string of the molecule is CC(C)(O)Cn1cc(-c2ccc(-c3cncc4cc[c]nc34)cc2)cn1. The fourth-order valence-corrected chi connectivity index (χ4v) is 2.99. The van der Waals surface area contributed by atoms with Crippen molar-refractivity contribution >= 4 is 10.9 Å². The molecule has 0 aliphatic rings. The number of pyridine rings is 2. The lowest BCUT2D eigenvalue weighted by atomic mass is 10.0. The van der Waals surface area contributed by atoms with Gasteiger partial charge in [0.1, 0.15) is 0 Å². The van der Waals surface area contributed by atoms with Gasteiger partial charge in [-0.1, -0.05) is 24.3 Å². The molecule has 0 aliphatic carbocycles. The van der Waals surface area contributed by atoms with Crippen LogP contribution in [0, 0.1) is 6.20 Å². The Morgan fingerprint density at radius 3 is 2.54 bits per heavy atom. The Balaban J connectivity index is 1.65. The summed E-state index contributed by atoms with van der Waals surface area (Å²) in [4.78, 5) is 8.69. The second-order valence-corrected chi connectivity index (χ2v) is 7.02. The maximum absolute atomic E-state index is 9.92. The van der Waals surface area contributed by atoms with Crippen molar-refractivity contribution in [1.29, 1.82) is 0 Å². The molecule has 0 saturated heterocycles. The van der Waals surface area contributed by atoms with Gasteiger partial charge in [-0.25, -0.2) is 4.98 Å². The Bertz CT molecular complexity index is 1040. The number of rotatable bonds is 4. The van der Waals surface area contributed by atoms with E-state index in [9.17, 15) is 5.11 Å². The number of aliphatic hydroxyl groups is 1. The van der Waals surface area contributed by atoms with E-state index in [0.29, 0.717) is 6.54 Å². The molecule has 0 amide bonds. The van der Waals surface area contributed by atoms with Gasteiger partial charge < -0.3 is 5.11 Å². The average molecular weight is 343 g/mol. The van der Waals surface area contributed by atoms with Crippen molar-refractivity contribution in [1.82, 2.24) is 19.7 Å². The maximum Gasteiger partial charge on any atom is 0.0894 e. The number of benzene rings is 1. The van der Waals surface area contributed by atoms with Gasteiger partial charge in [-0.3, -0.25) is 9.67 Å². The van der Waals surface area contributed by atoms with Gasteiger partial charge in [0.05, 0.1) is 30.1 Å². The van der Waals surface area contributed by atoms with Gasteiger partial charge >= 0.3 is 0 Å². The summed E-state index contributed by atoms with van der Waals surface area (Å²) >= 11 is 0. The molecular formula is C21H19N4O. The van der Waals surface area contributed by atoms with E-state index in [4.69, 9.17) is 0 Å². The van der Waals surface area contributed by atoms with Crippen LogP contribution in [0.4, 0.5) is 0 Å². The Morgan fingerprint density at radius 2 is 1.77 bits per heavy atom. The summed E-state index contributed by atoms with van der Waals surface area (Å²) in [6, 6.07) is 12.0. The Morgan fingerprint density at radius 1 is 1.00 bits per heavy atom. The van der Waals surface area contributed by atoms with Crippen LogP contribution in [0.15, 0.2) is 61.2 Å². The van der Waals surface area contributed by atoms with Crippen LogP contribution in [0.25, 0.3) is 33.2 Å². The molecule has 0 unspecified atom stereocenters. The van der Waals surface area contributed by atoms with Gasteiger partial charge in [-0.05, 0) is 37.1 Å². The van der Waals surface area contributed by atoms with Gasteiger partial charge in [0, 0.05) is 35.1 Å². The van der Waals surface area contributed by atoms with Crippen LogP contribution in [-0.2, 0) is 6.54 Å². The predicted molar refractivity (Wildman–Crippen MR) is 101 cm³/mol. The molecule has 0 bridgehead atoms. The van der Waals surface area contributed by atoms with Crippen LogP contribution in [0.1, 0.15) is 13.8 Å². The Hall–Kier alpha value is -3.05. The summed E-state index contributed by atoms with van der Waals surface area (Å²) in [6.45, 7) is 3.99. The van der Waals surface area contributed by atoms with Crippen molar-refractivity contribution in [3.8, 4) is 22.3 Å². The Labute approximate surface area is 152 Å². The first-order valence-corrected chi connectivity index (χ1v) is 8.46. The number of nitrogens with zero attached hydrogens (tertiary/aromatic N) is 4. The number of fused-ring (bicyclic) bond motifs is 1. The first-order valence-electron chi connectivity index (χ1n) is 8.46. The molecule has 1 N–H and O–H groups in total. The molecule has 129 valence electrons. The van der Waals surface area contributed by atoms with Crippen molar-refractivity contribution in [2.24, 2.45) is 0 Å². The van der Waals surface area contributed by atoms with Gasteiger partial charge in [0.15, 0.2) is 0 Å². The monoisotopic (exact) mass is 343 g/mol. The van der Waals surface area contributed by atoms with Crippen molar-refractivity contribution in [2.75, 3.05) is 0 Å². The van der Waals surface area contributed by atoms with E-state index in [1.165, 1.54) is 0 Å². The van der Waals surface area contributed by atoms with E-state index >= 15 is 0 Å². The van der Waals surface area contributed by atoms with Crippen LogP contribution < -0.4 is 0 Å². The summed E-state index contributed by atoms with van der Waals surface area (Å²) in [6.07, 6.45) is 10.3. The first-order chi connectivity index (χ1) is 12.5. The predicted octanol–water partition coefficient (Wildman–Crippen LogP) is 3.73. The second-order valence-electron chi connectivity index (χ2n) is 7.02. The quantitative estimate of drug-likeness (QED) is 0.613. The van der Waals surface area contributed by atoms with Gasteiger partial charge in [0.25, 0.3) is 0 Å². The molecule has 0 atom stereocenters. The van der Waals surface area contributed by atoms with Crippen LogP contribution in [-0.4, -0.2) is 30.5 Å². The molecule has 5 heteroatoms. The van der Waals surface area contributed by atoms with E-state index in [-0.39, 0.29) is 0 Å². The van der Waals surface area contributed by atoms with E-state index in [1.54, 1.807) is 24.6 Å². The third-order valence-electron chi connectivity index (χ3n) is 4.17. The van der Waals surface area contributed by atoms with Gasteiger partial charge in [-0.2, -0.15) is 5.10 Å². The molecule has 4 rings (SSSR count). The molecule has 1 aromatic carbocycles. The highest BCUT2D eigenvalue weighted by molar-refractivity contribution is 5.92. The molecule has 5 nitrogen and oxygen atoms in total. The number of aromatic nitrogens is 4. The number of hydrogen-bond donors (Lipinski definition) is 1. The summed E-state index contributed by atoms with van der Waals surface area (Å²) in [5.41, 5.74) is 4.24. The molecule has 0 fully saturated rings. The molecule has 0 saturated carbocycles. The maximum atomic E-state index is 9.92. The van der Waals surface area contributed by atoms with Crippen molar-refractivity contribution in [3.05, 3.63) is 67.4 Å². The lowest BCUT2D eigenvalue weighted by Gasteiger charge is -2.16. The zero-order chi connectivity index (χ0) is 18.1. The smallest absolute Gasteiger partial charge is 0.0894 e. The molecule has 0 spiro atoms. The zero-order valence-electron chi connectivity index (χ0n) is 14.7. The highest BCUT2D eigenvalue weighted by Crippen LogP contribution is 2.28. The Kier molecular flexibility index (Phi) is 4.01. The first kappa shape index (κ1) is 16.4. The fourth-order valence-electron chi connectivity index (χ4n) is 2.99. The largest absolute Gasteiger partial charge is 0.389 e. The fraction of sp³-hybridized carbons (Fsp3) is 0.190. The normalized spacial score (nSPS) is 11.8. The summed E-state index contributed by atoms with van der Waals surface area (Å²) < 4.78 is 1.76. The van der Waals surface area contributed by atoms with E-state index in [0.717, 1.165) is 33.2 Å². The van der Waals surface area contributed by atoms with Crippen molar-refractivity contribution in [3.63, 3.8) is 0 Å². The van der Waals surface area contributed by atoms with Crippen molar-refractivity contribution < 1.29 is 5.11 Å². The summed E-state index contributed by atoms with van der Waals surface area (Å²) in [5, 5.41) is 15.3. The van der Waals surface area contributed by atoms with Crippen LogP contribution in [0.3, 0.4) is 0 Å². The molecular weight excluding hydrogens is 324 g/mol. The standard InChI is InChI=1S/C21H19N4O/c1-21(2,26)14-25-13-18(11-24-25)15-5-7-16(8-6-15)19-12-22-10-17-4-3-9-23-20(17)19/h3-8,10-13,26H,14H2,1-2H3. The summed E-state index contributed by atoms with van der Waals surface area (Å²) in [5.74, 6) is 0. The van der Waals surface area contributed by atoms with E-state index in [2.05, 4.69) is 45.5 Å². The molecule has 3 aromatic heterocycles. The van der Waals surface area contributed by atoms with Crippen LogP contribution in [0.5, 0.6) is 0 Å². The third kappa shape index (κ3) is 3.34. The average Bonchev–Trinajstić information content (AvgIpc) is 3.08. The highest BCUT2D eigenvalue weighted by atomic mass is 16.3. The zero-order valence-corrected chi connectivity index (χ0v) is 14.7. The number of hydrogen-bond acceptors (Lipinski definition) is 4. The van der Waals surface area contributed by atoms with Gasteiger partial charge in [-0.15, -0.1) is 0 Å². The second kappa shape index (κ2) is 6.35.